The highest BCUT2D eigenvalue weighted by molar-refractivity contribution is 5.89. The molecule has 1 unspecified atom stereocenters. The van der Waals surface area contributed by atoms with E-state index in [4.69, 9.17) is 0 Å². The van der Waals surface area contributed by atoms with Gasteiger partial charge in [-0.3, -0.25) is 0 Å². The van der Waals surface area contributed by atoms with Gasteiger partial charge in [0.2, 0.25) is 0 Å². The lowest BCUT2D eigenvalue weighted by Crippen LogP contribution is -2.39. The molecule has 2 N–H and O–H groups in total. The molecule has 2 aromatic heterocycles. The van der Waals surface area contributed by atoms with Gasteiger partial charge in [0.25, 0.3) is 0 Å². The fourth-order valence-electron chi connectivity index (χ4n) is 3.24. The van der Waals surface area contributed by atoms with Gasteiger partial charge in [-0.15, -0.1) is 0 Å². The molecule has 4 rings (SSSR count). The molecule has 0 spiro atoms. The van der Waals surface area contributed by atoms with E-state index in [9.17, 15) is 13.6 Å². The minimum atomic E-state index is -2.89. The van der Waals surface area contributed by atoms with Gasteiger partial charge in [0.1, 0.15) is 5.75 Å². The lowest BCUT2D eigenvalue weighted by Gasteiger charge is -2.22. The highest BCUT2D eigenvalue weighted by atomic mass is 19.3. The minimum Gasteiger partial charge on any atom is -0.433 e. The van der Waals surface area contributed by atoms with Crippen molar-refractivity contribution in [1.29, 1.82) is 0 Å². The third-order valence-corrected chi connectivity index (χ3v) is 4.45. The van der Waals surface area contributed by atoms with E-state index in [0.29, 0.717) is 36.5 Å². The van der Waals surface area contributed by atoms with E-state index in [0.717, 1.165) is 0 Å². The molecule has 3 aromatic rings. The van der Waals surface area contributed by atoms with E-state index in [1.54, 1.807) is 47.4 Å². The van der Waals surface area contributed by atoms with Crippen molar-refractivity contribution in [2.24, 2.45) is 0 Å². The molecular weight excluding hydrogens is 370 g/mol. The van der Waals surface area contributed by atoms with Gasteiger partial charge in [0.15, 0.2) is 5.65 Å². The molecule has 1 fully saturated rings. The summed E-state index contributed by atoms with van der Waals surface area (Å²) in [5.74, 6) is 0.126. The number of amides is 2. The van der Waals surface area contributed by atoms with Crippen molar-refractivity contribution in [3.05, 3.63) is 48.9 Å². The number of halogens is 2. The number of carbonyl (C=O) groups is 1. The van der Waals surface area contributed by atoms with Crippen molar-refractivity contribution in [2.45, 2.75) is 19.1 Å². The maximum atomic E-state index is 12.6. The first kappa shape index (κ1) is 18.0. The molecule has 28 heavy (non-hydrogen) atoms. The standard InChI is InChI=1S/C18H18F2N6O2/c19-17(20)28-15-4-2-1-3-14(15)25-8-6-12(10-25)23-18(27)24-13-9-21-16-5-7-22-26(16)11-13/h1-5,7,9,11-12,17H,6,8,10H2,(H2,23,24,27). The fourth-order valence-corrected chi connectivity index (χ4v) is 3.24. The predicted octanol–water partition coefficient (Wildman–Crippen LogP) is 2.73. The van der Waals surface area contributed by atoms with Crippen LogP contribution < -0.4 is 20.3 Å². The molecule has 0 saturated carbocycles. The van der Waals surface area contributed by atoms with Gasteiger partial charge in [-0.1, -0.05) is 12.1 Å². The van der Waals surface area contributed by atoms with Crippen LogP contribution in [0.2, 0.25) is 0 Å². The summed E-state index contributed by atoms with van der Waals surface area (Å²) in [6.45, 7) is -1.77. The van der Waals surface area contributed by atoms with E-state index in [1.165, 1.54) is 6.07 Å². The summed E-state index contributed by atoms with van der Waals surface area (Å²) in [6.07, 6.45) is 5.53. The highest BCUT2D eigenvalue weighted by Gasteiger charge is 2.26. The van der Waals surface area contributed by atoms with Crippen LogP contribution in [-0.4, -0.2) is 46.4 Å². The monoisotopic (exact) mass is 388 g/mol. The molecule has 1 saturated heterocycles. The second-order valence-electron chi connectivity index (χ2n) is 6.35. The summed E-state index contributed by atoms with van der Waals surface area (Å²) in [4.78, 5) is 18.4. The number of benzene rings is 1. The Kier molecular flexibility index (Phi) is 4.92. The second-order valence-corrected chi connectivity index (χ2v) is 6.35. The number of aromatic nitrogens is 3. The molecule has 8 nitrogen and oxygen atoms in total. The van der Waals surface area contributed by atoms with Crippen LogP contribution in [0.15, 0.2) is 48.9 Å². The quantitative estimate of drug-likeness (QED) is 0.702. The van der Waals surface area contributed by atoms with Crippen LogP contribution in [0.4, 0.5) is 25.0 Å². The number of carbonyl (C=O) groups excluding carboxylic acids is 1. The third kappa shape index (κ3) is 3.95. The Balaban J connectivity index is 1.36. The number of rotatable bonds is 5. The van der Waals surface area contributed by atoms with Crippen LogP contribution in [0.25, 0.3) is 5.65 Å². The molecule has 1 aromatic carbocycles. The van der Waals surface area contributed by atoms with Gasteiger partial charge < -0.3 is 20.3 Å². The van der Waals surface area contributed by atoms with Gasteiger partial charge in [0, 0.05) is 25.2 Å². The first-order valence-electron chi connectivity index (χ1n) is 8.74. The topological polar surface area (TPSA) is 83.8 Å². The number of anilines is 2. The Morgan fingerprint density at radius 2 is 2.14 bits per heavy atom. The number of fused-ring (bicyclic) bond motifs is 1. The van der Waals surface area contributed by atoms with E-state index in [-0.39, 0.29) is 17.8 Å². The first-order chi connectivity index (χ1) is 13.6. The van der Waals surface area contributed by atoms with Crippen LogP contribution >= 0.6 is 0 Å². The Labute approximate surface area is 159 Å². The Morgan fingerprint density at radius 3 is 3.00 bits per heavy atom. The molecule has 3 heterocycles. The normalized spacial score (nSPS) is 16.5. The molecule has 146 valence electrons. The predicted molar refractivity (Wildman–Crippen MR) is 98.8 cm³/mol. The molecule has 0 aliphatic carbocycles. The number of hydrogen-bond acceptors (Lipinski definition) is 5. The zero-order valence-corrected chi connectivity index (χ0v) is 14.8. The SMILES string of the molecule is O=C(Nc1cnc2ccnn2c1)NC1CCN(c2ccccc2OC(F)F)C1. The van der Waals surface area contributed by atoms with E-state index in [2.05, 4.69) is 25.5 Å². The number of nitrogens with one attached hydrogen (secondary N) is 2. The Morgan fingerprint density at radius 1 is 1.29 bits per heavy atom. The lowest BCUT2D eigenvalue weighted by atomic mass is 10.2. The van der Waals surface area contributed by atoms with Crippen LogP contribution in [0.1, 0.15) is 6.42 Å². The maximum absolute atomic E-state index is 12.6. The van der Waals surface area contributed by atoms with E-state index >= 15 is 0 Å². The molecule has 10 heteroatoms. The van der Waals surface area contributed by atoms with Crippen LogP contribution in [0.5, 0.6) is 5.75 Å². The fraction of sp³-hybridized carbons (Fsp3) is 0.278. The first-order valence-corrected chi connectivity index (χ1v) is 8.74. The number of hydrogen-bond donors (Lipinski definition) is 2. The Bertz CT molecular complexity index is 979. The second kappa shape index (κ2) is 7.67. The summed E-state index contributed by atoms with van der Waals surface area (Å²) in [5.41, 5.74) is 1.78. The van der Waals surface area contributed by atoms with Gasteiger partial charge in [-0.25, -0.2) is 14.3 Å². The molecule has 1 aliphatic heterocycles. The van der Waals surface area contributed by atoms with Crippen molar-refractivity contribution in [1.82, 2.24) is 19.9 Å². The average Bonchev–Trinajstić information content (AvgIpc) is 3.30. The van der Waals surface area contributed by atoms with E-state index < -0.39 is 6.61 Å². The number of alkyl halides is 2. The molecule has 0 bridgehead atoms. The highest BCUT2D eigenvalue weighted by Crippen LogP contribution is 2.31. The molecule has 1 aliphatic rings. The van der Waals surface area contributed by atoms with Crippen LogP contribution in [-0.2, 0) is 0 Å². The van der Waals surface area contributed by atoms with Crippen LogP contribution in [0.3, 0.4) is 0 Å². The van der Waals surface area contributed by atoms with Gasteiger partial charge in [0.05, 0.1) is 30.0 Å². The average molecular weight is 388 g/mol. The Hall–Kier alpha value is -3.43. The minimum absolute atomic E-state index is 0.124. The number of urea groups is 1. The summed E-state index contributed by atoms with van der Waals surface area (Å²) in [5, 5.41) is 9.69. The number of nitrogens with zero attached hydrogens (tertiary/aromatic N) is 4. The summed E-state index contributed by atoms with van der Waals surface area (Å²) < 4.78 is 31.4. The summed E-state index contributed by atoms with van der Waals surface area (Å²) in [6, 6.07) is 7.91. The zero-order chi connectivity index (χ0) is 19.5. The van der Waals surface area contributed by atoms with Crippen molar-refractivity contribution in [3.8, 4) is 5.75 Å². The lowest BCUT2D eigenvalue weighted by molar-refractivity contribution is -0.0495. The molecule has 2 amide bonds. The van der Waals surface area contributed by atoms with E-state index in [1.807, 2.05) is 4.90 Å². The van der Waals surface area contributed by atoms with Gasteiger partial charge in [-0.2, -0.15) is 13.9 Å². The third-order valence-electron chi connectivity index (χ3n) is 4.45. The molecule has 0 radical (unpaired) electrons. The summed E-state index contributed by atoms with van der Waals surface area (Å²) >= 11 is 0. The smallest absolute Gasteiger partial charge is 0.387 e. The van der Waals surface area contributed by atoms with Gasteiger partial charge >= 0.3 is 12.6 Å². The molecular formula is C18H18F2N6O2. The summed E-state index contributed by atoms with van der Waals surface area (Å²) in [7, 11) is 0. The number of ether oxygens (including phenoxy) is 1. The van der Waals surface area contributed by atoms with Gasteiger partial charge in [-0.05, 0) is 18.6 Å². The number of para-hydroxylation sites is 2. The van der Waals surface area contributed by atoms with Crippen LogP contribution in [0, 0.1) is 0 Å². The largest absolute Gasteiger partial charge is 0.433 e. The van der Waals surface area contributed by atoms with Crippen molar-refractivity contribution in [2.75, 3.05) is 23.3 Å². The maximum Gasteiger partial charge on any atom is 0.387 e. The van der Waals surface area contributed by atoms with Crippen molar-refractivity contribution < 1.29 is 18.3 Å². The van der Waals surface area contributed by atoms with Crippen molar-refractivity contribution in [3.63, 3.8) is 0 Å². The van der Waals surface area contributed by atoms with Crippen molar-refractivity contribution >= 4 is 23.1 Å². The zero-order valence-electron chi connectivity index (χ0n) is 14.8. The molecule has 1 atom stereocenters.